The third-order valence-electron chi connectivity index (χ3n) is 3.77. The second kappa shape index (κ2) is 6.22. The van der Waals surface area contributed by atoms with Crippen LogP contribution in [0.4, 0.5) is 5.69 Å². The van der Waals surface area contributed by atoms with Crippen molar-refractivity contribution in [3.8, 4) is 0 Å². The maximum atomic E-state index is 4.40. The fourth-order valence-corrected chi connectivity index (χ4v) is 2.69. The average molecular weight is 297 g/mol. The maximum Gasteiger partial charge on any atom is 0.0755 e. The van der Waals surface area contributed by atoms with E-state index in [1.165, 1.54) is 11.3 Å². The van der Waals surface area contributed by atoms with E-state index in [0.717, 1.165) is 30.5 Å². The summed E-state index contributed by atoms with van der Waals surface area (Å²) in [6.45, 7) is 9.38. The number of benzene rings is 1. The molecule has 0 atom stereocenters. The molecule has 2 heterocycles. The zero-order valence-corrected chi connectivity index (χ0v) is 13.5. The summed E-state index contributed by atoms with van der Waals surface area (Å²) >= 11 is 0. The highest BCUT2D eigenvalue weighted by atomic mass is 15.3. The first-order valence-corrected chi connectivity index (χ1v) is 7.85. The van der Waals surface area contributed by atoms with E-state index < -0.39 is 0 Å². The number of nitrogens with zero attached hydrogens (tertiary/aromatic N) is 4. The molecule has 0 unspecified atom stereocenters. The van der Waals surface area contributed by atoms with Crippen LogP contribution in [-0.4, -0.2) is 26.5 Å². The fourth-order valence-electron chi connectivity index (χ4n) is 2.69. The van der Waals surface area contributed by atoms with E-state index in [1.54, 1.807) is 0 Å². The summed E-state index contributed by atoms with van der Waals surface area (Å²) in [6.07, 6.45) is 5.94. The lowest BCUT2D eigenvalue weighted by atomic mass is 10.1. The number of aromatic nitrogens is 4. The van der Waals surface area contributed by atoms with Crippen LogP contribution in [0.25, 0.3) is 10.9 Å². The van der Waals surface area contributed by atoms with Gasteiger partial charge in [-0.2, -0.15) is 10.2 Å². The number of fused-ring (bicyclic) bond motifs is 1. The van der Waals surface area contributed by atoms with Crippen LogP contribution in [0, 0.1) is 5.92 Å². The van der Waals surface area contributed by atoms with Gasteiger partial charge in [-0.15, -0.1) is 0 Å². The van der Waals surface area contributed by atoms with E-state index in [2.05, 4.69) is 65.4 Å². The van der Waals surface area contributed by atoms with E-state index in [0.29, 0.717) is 5.92 Å². The largest absolute Gasteiger partial charge is 0.364 e. The monoisotopic (exact) mass is 297 g/mol. The molecule has 22 heavy (non-hydrogen) atoms. The third kappa shape index (κ3) is 3.13. The highest BCUT2D eigenvalue weighted by Gasteiger charge is 2.12. The van der Waals surface area contributed by atoms with E-state index in [4.69, 9.17) is 0 Å². The summed E-state index contributed by atoms with van der Waals surface area (Å²) in [5.41, 5.74) is 3.55. The summed E-state index contributed by atoms with van der Waals surface area (Å²) in [7, 11) is 0. The number of nitrogens with one attached hydrogen (secondary N) is 1. The second-order valence-corrected chi connectivity index (χ2v) is 6.12. The lowest BCUT2D eigenvalue weighted by molar-refractivity contribution is 0.608. The molecule has 0 saturated heterocycles. The second-order valence-electron chi connectivity index (χ2n) is 6.12. The first-order valence-electron chi connectivity index (χ1n) is 7.85. The molecule has 0 aliphatic carbocycles. The number of hydrogen-bond acceptors (Lipinski definition) is 3. The zero-order valence-electron chi connectivity index (χ0n) is 13.5. The molecular weight excluding hydrogens is 274 g/mol. The van der Waals surface area contributed by atoms with Crippen molar-refractivity contribution in [3.63, 3.8) is 0 Å². The van der Waals surface area contributed by atoms with Gasteiger partial charge in [0.2, 0.25) is 0 Å². The predicted molar refractivity (Wildman–Crippen MR) is 89.9 cm³/mol. The fraction of sp³-hybridized carbons (Fsp3) is 0.412. The SMILES string of the molecule is CCn1cc(N(Cc2ccc3cn[nH]c3c2)CC(C)C)cn1. The molecule has 0 spiro atoms. The minimum absolute atomic E-state index is 0.598. The van der Waals surface area contributed by atoms with E-state index in [1.807, 2.05) is 17.1 Å². The summed E-state index contributed by atoms with van der Waals surface area (Å²) in [4.78, 5) is 2.39. The molecule has 3 aromatic rings. The minimum Gasteiger partial charge on any atom is -0.364 e. The smallest absolute Gasteiger partial charge is 0.0755 e. The maximum absolute atomic E-state index is 4.40. The molecule has 0 saturated carbocycles. The summed E-state index contributed by atoms with van der Waals surface area (Å²) in [6, 6.07) is 6.48. The van der Waals surface area contributed by atoms with Crippen molar-refractivity contribution in [2.75, 3.05) is 11.4 Å². The Morgan fingerprint density at radius 1 is 1.27 bits per heavy atom. The number of hydrogen-bond donors (Lipinski definition) is 1. The van der Waals surface area contributed by atoms with Gasteiger partial charge in [-0.05, 0) is 24.5 Å². The van der Waals surface area contributed by atoms with Gasteiger partial charge < -0.3 is 4.90 Å². The molecule has 2 aromatic heterocycles. The van der Waals surface area contributed by atoms with E-state index in [-0.39, 0.29) is 0 Å². The van der Waals surface area contributed by atoms with Gasteiger partial charge in [0.15, 0.2) is 0 Å². The predicted octanol–water partition coefficient (Wildman–Crippen LogP) is 3.44. The lowest BCUT2D eigenvalue weighted by Crippen LogP contribution is -2.26. The Bertz CT molecular complexity index is 740. The summed E-state index contributed by atoms with van der Waals surface area (Å²) < 4.78 is 1.97. The van der Waals surface area contributed by atoms with Crippen LogP contribution in [0.5, 0.6) is 0 Å². The molecule has 1 N–H and O–H groups in total. The van der Waals surface area contributed by atoms with Gasteiger partial charge in [0.1, 0.15) is 0 Å². The average Bonchev–Trinajstić information content (AvgIpc) is 3.14. The number of H-pyrrole nitrogens is 1. The Kier molecular flexibility index (Phi) is 4.13. The van der Waals surface area contributed by atoms with Gasteiger partial charge in [-0.1, -0.05) is 26.0 Å². The van der Waals surface area contributed by atoms with Crippen molar-refractivity contribution in [1.82, 2.24) is 20.0 Å². The number of aryl methyl sites for hydroxylation is 1. The molecular formula is C17H23N5. The molecule has 0 fully saturated rings. The number of rotatable bonds is 6. The molecule has 1 aromatic carbocycles. The van der Waals surface area contributed by atoms with Crippen molar-refractivity contribution in [1.29, 1.82) is 0 Å². The van der Waals surface area contributed by atoms with E-state index >= 15 is 0 Å². The Hall–Kier alpha value is -2.30. The Balaban J connectivity index is 1.85. The van der Waals surface area contributed by atoms with Gasteiger partial charge in [0.05, 0.1) is 23.6 Å². The molecule has 0 amide bonds. The van der Waals surface area contributed by atoms with Crippen molar-refractivity contribution in [3.05, 3.63) is 42.4 Å². The standard InChI is InChI=1S/C17H23N5/c1-4-22-12-16(9-19-22)21(10-13(2)3)11-14-5-6-15-8-18-20-17(15)7-14/h5-9,12-13H,4,10-11H2,1-3H3,(H,18,20). The minimum atomic E-state index is 0.598. The number of anilines is 1. The lowest BCUT2D eigenvalue weighted by Gasteiger charge is -2.25. The van der Waals surface area contributed by atoms with Gasteiger partial charge >= 0.3 is 0 Å². The van der Waals surface area contributed by atoms with Crippen LogP contribution < -0.4 is 4.90 Å². The topological polar surface area (TPSA) is 49.7 Å². The zero-order chi connectivity index (χ0) is 15.5. The van der Waals surface area contributed by atoms with Crippen LogP contribution in [0.2, 0.25) is 0 Å². The van der Waals surface area contributed by atoms with Crippen molar-refractivity contribution in [2.24, 2.45) is 5.92 Å². The molecule has 0 bridgehead atoms. The van der Waals surface area contributed by atoms with Gasteiger partial charge in [-0.3, -0.25) is 9.78 Å². The Morgan fingerprint density at radius 3 is 2.86 bits per heavy atom. The van der Waals surface area contributed by atoms with Gasteiger partial charge in [0, 0.05) is 31.2 Å². The van der Waals surface area contributed by atoms with Crippen molar-refractivity contribution >= 4 is 16.6 Å². The third-order valence-corrected chi connectivity index (χ3v) is 3.77. The highest BCUT2D eigenvalue weighted by Crippen LogP contribution is 2.20. The molecule has 5 nitrogen and oxygen atoms in total. The molecule has 0 aliphatic rings. The van der Waals surface area contributed by atoms with Gasteiger partial charge in [-0.25, -0.2) is 0 Å². The Morgan fingerprint density at radius 2 is 2.14 bits per heavy atom. The van der Waals surface area contributed by atoms with Crippen LogP contribution in [0.3, 0.4) is 0 Å². The molecule has 3 rings (SSSR count). The highest BCUT2D eigenvalue weighted by molar-refractivity contribution is 5.78. The number of aromatic amines is 1. The molecule has 116 valence electrons. The molecule has 0 aliphatic heterocycles. The summed E-state index contributed by atoms with van der Waals surface area (Å²) in [5.74, 6) is 0.598. The van der Waals surface area contributed by atoms with Crippen molar-refractivity contribution < 1.29 is 0 Å². The van der Waals surface area contributed by atoms with Crippen molar-refractivity contribution in [2.45, 2.75) is 33.9 Å². The first kappa shape index (κ1) is 14.6. The Labute approximate surface area is 130 Å². The van der Waals surface area contributed by atoms with E-state index in [9.17, 15) is 0 Å². The molecule has 5 heteroatoms. The van der Waals surface area contributed by atoms with Crippen LogP contribution >= 0.6 is 0 Å². The normalized spacial score (nSPS) is 11.5. The van der Waals surface area contributed by atoms with Crippen LogP contribution in [0.1, 0.15) is 26.3 Å². The quantitative estimate of drug-likeness (QED) is 0.758. The first-order chi connectivity index (χ1) is 10.7. The van der Waals surface area contributed by atoms with Crippen LogP contribution in [-0.2, 0) is 13.1 Å². The van der Waals surface area contributed by atoms with Gasteiger partial charge in [0.25, 0.3) is 0 Å². The molecule has 0 radical (unpaired) electrons. The summed E-state index contributed by atoms with van der Waals surface area (Å²) in [5, 5.41) is 12.7. The van der Waals surface area contributed by atoms with Crippen LogP contribution in [0.15, 0.2) is 36.8 Å².